The summed E-state index contributed by atoms with van der Waals surface area (Å²) >= 11 is 0. The number of hydrogen-bond donors (Lipinski definition) is 0. The second-order valence-corrected chi connectivity index (χ2v) is 7.57. The zero-order chi connectivity index (χ0) is 20.3. The summed E-state index contributed by atoms with van der Waals surface area (Å²) in [4.78, 5) is 29.4. The summed E-state index contributed by atoms with van der Waals surface area (Å²) < 4.78 is 19.9. The molecule has 0 N–H and O–H groups in total. The van der Waals surface area contributed by atoms with Gasteiger partial charge in [0.2, 0.25) is 5.91 Å². The van der Waals surface area contributed by atoms with E-state index in [1.54, 1.807) is 6.07 Å². The zero-order valence-electron chi connectivity index (χ0n) is 17.0. The lowest BCUT2D eigenvalue weighted by atomic mass is 10.2. The molecule has 2 aliphatic rings. The molecule has 2 saturated heterocycles. The molecule has 8 heteroatoms. The Balaban J connectivity index is 0.00000300. The number of hydrogen-bond acceptors (Lipinski definition) is 5. The topological polar surface area (TPSA) is 53.1 Å². The molecule has 0 atom stereocenters. The van der Waals surface area contributed by atoms with Crippen LogP contribution in [-0.2, 0) is 9.59 Å². The highest BCUT2D eigenvalue weighted by Crippen LogP contribution is 2.32. The van der Waals surface area contributed by atoms with Crippen LogP contribution in [0.4, 0.5) is 10.1 Å². The Bertz CT molecular complexity index is 764. The number of amides is 2. The molecular weight excluding hydrogens is 397 g/mol. The first-order valence-electron chi connectivity index (χ1n) is 9.81. The molecule has 160 valence electrons. The third kappa shape index (κ3) is 5.48. The molecule has 0 saturated carbocycles. The van der Waals surface area contributed by atoms with Crippen LogP contribution in [0.15, 0.2) is 30.4 Å². The number of rotatable bonds is 7. The van der Waals surface area contributed by atoms with Crippen molar-refractivity contribution < 1.29 is 18.7 Å². The average molecular weight is 426 g/mol. The Morgan fingerprint density at radius 3 is 2.41 bits per heavy atom. The van der Waals surface area contributed by atoms with Gasteiger partial charge in [0.15, 0.2) is 11.6 Å². The van der Waals surface area contributed by atoms with Crippen molar-refractivity contribution in [2.24, 2.45) is 0 Å². The van der Waals surface area contributed by atoms with Gasteiger partial charge in [0.25, 0.3) is 5.91 Å². The molecule has 2 heterocycles. The van der Waals surface area contributed by atoms with E-state index in [4.69, 9.17) is 4.74 Å². The summed E-state index contributed by atoms with van der Waals surface area (Å²) in [5, 5.41) is 0. The molecular formula is C21H29ClFN3O3. The minimum Gasteiger partial charge on any atom is -0.486 e. The van der Waals surface area contributed by atoms with Gasteiger partial charge in [-0.25, -0.2) is 4.39 Å². The van der Waals surface area contributed by atoms with Crippen LogP contribution in [0.3, 0.4) is 0 Å². The van der Waals surface area contributed by atoms with Gasteiger partial charge in [-0.3, -0.25) is 19.4 Å². The van der Waals surface area contributed by atoms with Crippen molar-refractivity contribution in [2.45, 2.75) is 32.8 Å². The van der Waals surface area contributed by atoms with Crippen molar-refractivity contribution in [1.82, 2.24) is 9.80 Å². The van der Waals surface area contributed by atoms with Crippen molar-refractivity contribution in [3.8, 4) is 5.75 Å². The number of imide groups is 1. The lowest BCUT2D eigenvalue weighted by molar-refractivity contribution is -0.137. The third-order valence-corrected chi connectivity index (χ3v) is 5.08. The van der Waals surface area contributed by atoms with E-state index in [9.17, 15) is 14.0 Å². The number of ether oxygens (including phenoxy) is 1. The fraction of sp³-hybridized carbons (Fsp3) is 0.524. The van der Waals surface area contributed by atoms with Crippen molar-refractivity contribution in [1.29, 1.82) is 0 Å². The van der Waals surface area contributed by atoms with Crippen LogP contribution in [0, 0.1) is 5.82 Å². The molecule has 2 aliphatic heterocycles. The molecule has 0 radical (unpaired) electrons. The van der Waals surface area contributed by atoms with Crippen LogP contribution in [-0.4, -0.2) is 67.0 Å². The first kappa shape index (κ1) is 23.2. The third-order valence-electron chi connectivity index (χ3n) is 5.08. The maximum absolute atomic E-state index is 14.2. The molecule has 6 nitrogen and oxygen atoms in total. The molecule has 0 spiro atoms. The molecule has 0 aromatic heterocycles. The summed E-state index contributed by atoms with van der Waals surface area (Å²) in [7, 11) is 0. The Labute approximate surface area is 177 Å². The number of anilines is 1. The van der Waals surface area contributed by atoms with Crippen molar-refractivity contribution in [3.63, 3.8) is 0 Å². The van der Waals surface area contributed by atoms with Gasteiger partial charge in [-0.15, -0.1) is 12.4 Å². The lowest BCUT2D eigenvalue weighted by Gasteiger charge is -2.37. The molecule has 1 aromatic carbocycles. The summed E-state index contributed by atoms with van der Waals surface area (Å²) in [6.07, 6.45) is 0.794. The van der Waals surface area contributed by atoms with Crippen molar-refractivity contribution in [2.75, 3.05) is 44.2 Å². The Morgan fingerprint density at radius 2 is 1.83 bits per heavy atom. The number of carbonyl (C=O) groups is 2. The summed E-state index contributed by atoms with van der Waals surface area (Å²) in [5.74, 6) is -0.408. The zero-order valence-corrected chi connectivity index (χ0v) is 17.8. The Hall–Kier alpha value is -2.12. The minimum absolute atomic E-state index is 0. The lowest BCUT2D eigenvalue weighted by Crippen LogP contribution is -2.47. The second-order valence-electron chi connectivity index (χ2n) is 7.57. The number of halogens is 2. The van der Waals surface area contributed by atoms with Crippen LogP contribution in [0.1, 0.15) is 26.7 Å². The van der Waals surface area contributed by atoms with Crippen LogP contribution in [0.5, 0.6) is 5.75 Å². The van der Waals surface area contributed by atoms with E-state index < -0.39 is 0 Å². The normalized spacial score (nSPS) is 17.9. The molecule has 0 bridgehead atoms. The van der Waals surface area contributed by atoms with Gasteiger partial charge < -0.3 is 9.64 Å². The van der Waals surface area contributed by atoms with Gasteiger partial charge in [0.05, 0.1) is 18.2 Å². The Kier molecular flexibility index (Phi) is 8.05. The molecule has 29 heavy (non-hydrogen) atoms. The SMILES string of the molecule is C=C1CC(=O)N(CCCN2CCN(c3cccc(F)c3OC(C)C)CC2)C1=O.Cl. The monoisotopic (exact) mass is 425 g/mol. The van der Waals surface area contributed by atoms with Crippen molar-refractivity contribution >= 4 is 29.9 Å². The van der Waals surface area contributed by atoms with Crippen LogP contribution < -0.4 is 9.64 Å². The van der Waals surface area contributed by atoms with E-state index >= 15 is 0 Å². The number of likely N-dealkylation sites (tertiary alicyclic amines) is 1. The molecule has 0 unspecified atom stereocenters. The predicted octanol–water partition coefficient (Wildman–Crippen LogP) is 2.86. The molecule has 2 fully saturated rings. The van der Waals surface area contributed by atoms with E-state index in [1.165, 1.54) is 11.0 Å². The van der Waals surface area contributed by atoms with Crippen molar-refractivity contribution in [3.05, 3.63) is 36.2 Å². The van der Waals surface area contributed by atoms with E-state index in [2.05, 4.69) is 16.4 Å². The number of benzene rings is 1. The molecule has 2 amide bonds. The Morgan fingerprint density at radius 1 is 1.14 bits per heavy atom. The van der Waals surface area contributed by atoms with E-state index in [0.29, 0.717) is 17.9 Å². The van der Waals surface area contributed by atoms with Gasteiger partial charge in [-0.2, -0.15) is 0 Å². The molecule has 0 aliphatic carbocycles. The average Bonchev–Trinajstić information content (AvgIpc) is 2.90. The highest BCUT2D eigenvalue weighted by molar-refractivity contribution is 6.12. The van der Waals surface area contributed by atoms with Gasteiger partial charge >= 0.3 is 0 Å². The quantitative estimate of drug-likeness (QED) is 0.496. The highest BCUT2D eigenvalue weighted by Gasteiger charge is 2.32. The van der Waals surface area contributed by atoms with Gasteiger partial charge in [0.1, 0.15) is 0 Å². The van der Waals surface area contributed by atoms with Crippen LogP contribution >= 0.6 is 12.4 Å². The molecule has 3 rings (SSSR count). The van der Waals surface area contributed by atoms with E-state index in [0.717, 1.165) is 44.8 Å². The summed E-state index contributed by atoms with van der Waals surface area (Å²) in [6, 6.07) is 5.03. The van der Waals surface area contributed by atoms with Crippen LogP contribution in [0.25, 0.3) is 0 Å². The summed E-state index contributed by atoms with van der Waals surface area (Å²) in [5.41, 5.74) is 1.17. The van der Waals surface area contributed by atoms with E-state index in [1.807, 2.05) is 19.9 Å². The minimum atomic E-state index is -0.338. The maximum Gasteiger partial charge on any atom is 0.256 e. The molecule has 1 aromatic rings. The second kappa shape index (κ2) is 10.1. The number of carbonyl (C=O) groups excluding carboxylic acids is 2. The predicted molar refractivity (Wildman–Crippen MR) is 113 cm³/mol. The van der Waals surface area contributed by atoms with Gasteiger partial charge in [-0.1, -0.05) is 12.6 Å². The maximum atomic E-state index is 14.2. The van der Waals surface area contributed by atoms with E-state index in [-0.39, 0.29) is 42.6 Å². The largest absolute Gasteiger partial charge is 0.486 e. The first-order valence-corrected chi connectivity index (χ1v) is 9.81. The van der Waals surface area contributed by atoms with Crippen LogP contribution in [0.2, 0.25) is 0 Å². The number of piperazine rings is 1. The van der Waals surface area contributed by atoms with Gasteiger partial charge in [-0.05, 0) is 38.9 Å². The number of nitrogens with zero attached hydrogens (tertiary/aromatic N) is 3. The smallest absolute Gasteiger partial charge is 0.256 e. The first-order chi connectivity index (χ1) is 13.4. The summed E-state index contributed by atoms with van der Waals surface area (Å²) in [6.45, 7) is 11.9. The number of para-hydroxylation sites is 1. The standard InChI is InChI=1S/C21H28FN3O3.ClH/c1-15(2)28-20-17(22)6-4-7-18(20)24-12-10-23(11-13-24)8-5-9-25-19(26)14-16(3)21(25)27;/h4,6-7,15H,3,5,8-14H2,1-2H3;1H. The van der Waals surface area contributed by atoms with Gasteiger partial charge in [0, 0.05) is 38.3 Å². The highest BCUT2D eigenvalue weighted by atomic mass is 35.5. The fourth-order valence-electron chi connectivity index (χ4n) is 3.65. The fourth-order valence-corrected chi connectivity index (χ4v) is 3.65.